The van der Waals surface area contributed by atoms with Crippen LogP contribution in [0.25, 0.3) is 17.1 Å². The minimum Gasteiger partial charge on any atom is -0.420 e. The highest BCUT2D eigenvalue weighted by Gasteiger charge is 2.30. The molecule has 2 aromatic heterocycles. The Balaban J connectivity index is 0.000000196. The Labute approximate surface area is 334 Å². The fourth-order valence-corrected chi connectivity index (χ4v) is 7.18. The summed E-state index contributed by atoms with van der Waals surface area (Å²) in [6.45, 7) is 0. The fraction of sp³-hybridized carbons (Fsp3) is 0.162. The minimum absolute atomic E-state index is 0.0422. The number of alkyl halides is 2. The van der Waals surface area contributed by atoms with Crippen LogP contribution in [-0.2, 0) is 42.5 Å². The minimum atomic E-state index is -4.28. The van der Waals surface area contributed by atoms with Crippen LogP contribution in [0.4, 0.5) is 24.5 Å². The summed E-state index contributed by atoms with van der Waals surface area (Å²) in [6.07, 6.45) is 0.822. The number of hydrogen-bond acceptors (Lipinski definition) is 10. The number of amides is 2. The largest absolute Gasteiger partial charge is 0.420 e. The average molecular weight is 857 g/mol. The normalized spacial score (nSPS) is 12.8. The molecule has 15 nitrogen and oxygen atoms in total. The first-order valence-electron chi connectivity index (χ1n) is 17.0. The molecule has 4 aromatic carbocycles. The summed E-state index contributed by atoms with van der Waals surface area (Å²) in [5.41, 5.74) is 0.921. The summed E-state index contributed by atoms with van der Waals surface area (Å²) >= 11 is 6.07. The highest BCUT2D eigenvalue weighted by molar-refractivity contribution is 7.89. The molecule has 0 unspecified atom stereocenters. The number of halogens is 4. The van der Waals surface area contributed by atoms with Crippen molar-refractivity contribution in [2.75, 3.05) is 10.6 Å². The van der Waals surface area contributed by atoms with Crippen molar-refractivity contribution in [1.82, 2.24) is 20.0 Å². The van der Waals surface area contributed by atoms with E-state index in [9.17, 15) is 39.6 Å². The number of primary sulfonamides is 2. The van der Waals surface area contributed by atoms with Crippen LogP contribution in [-0.4, -0.2) is 48.6 Å². The van der Waals surface area contributed by atoms with Gasteiger partial charge in [-0.1, -0.05) is 48.0 Å². The summed E-state index contributed by atoms with van der Waals surface area (Å²) in [5, 5.41) is 27.8. The Kier molecular flexibility index (Phi) is 12.4. The monoisotopic (exact) mass is 856 g/mol. The Morgan fingerprint density at radius 3 is 2.00 bits per heavy atom. The summed E-state index contributed by atoms with van der Waals surface area (Å²) in [5.74, 6) is -0.682. The van der Waals surface area contributed by atoms with Crippen molar-refractivity contribution in [2.45, 2.75) is 47.8 Å². The second-order valence-corrected chi connectivity index (χ2v) is 16.3. The topological polar surface area (TPSA) is 235 Å². The van der Waals surface area contributed by atoms with Gasteiger partial charge >= 0.3 is 0 Å². The molecule has 1 aliphatic carbocycles. The lowest BCUT2D eigenvalue weighted by Gasteiger charge is -2.11. The average Bonchev–Trinajstić information content (AvgIpc) is 3.67. The Morgan fingerprint density at radius 1 is 0.828 bits per heavy atom. The van der Waals surface area contributed by atoms with Crippen molar-refractivity contribution in [3.63, 3.8) is 0 Å². The van der Waals surface area contributed by atoms with Gasteiger partial charge in [-0.15, -0.1) is 10.2 Å². The van der Waals surface area contributed by atoms with E-state index in [-0.39, 0.29) is 63.6 Å². The first kappa shape index (κ1) is 41.7. The van der Waals surface area contributed by atoms with E-state index in [4.69, 9.17) is 26.3 Å². The predicted molar refractivity (Wildman–Crippen MR) is 205 cm³/mol. The molecule has 0 bridgehead atoms. The molecule has 6 aromatic rings. The van der Waals surface area contributed by atoms with E-state index in [1.165, 1.54) is 42.5 Å². The van der Waals surface area contributed by atoms with E-state index < -0.39 is 48.7 Å². The second-order valence-electron chi connectivity index (χ2n) is 12.9. The van der Waals surface area contributed by atoms with Crippen LogP contribution in [0.5, 0.6) is 0 Å². The standard InChI is InChI=1S/C19H17ClN4O4S.C18H15F3N4O3S/c20-15-4-2-1-3-12(15)9-17(25)22-13-7-8-14(16(10-13)29(21,26)27)19-24-23-18(28-19)11-5-6-11;19-14-4-2-1-3-11(14)7-17(26)24-13-5-6-15(16(8-13)29(22,27)28)25-10-12(9-23-25)18(20)21/h1-4,7-8,10-11H,5-6,9H2,(H,22,25)(H2,21,26,27);1-6,8-10,18H,7H2,(H,24,26)(H2,22,27,28). The van der Waals surface area contributed by atoms with Crippen LogP contribution < -0.4 is 20.9 Å². The predicted octanol–water partition coefficient (Wildman–Crippen LogP) is 5.87. The van der Waals surface area contributed by atoms with Crippen LogP contribution in [0.2, 0.25) is 5.02 Å². The smallest absolute Gasteiger partial charge is 0.266 e. The number of carbonyl (C=O) groups is 2. The number of aromatic nitrogens is 4. The number of nitrogens with two attached hydrogens (primary N) is 2. The molecule has 6 N–H and O–H groups in total. The molecule has 0 aliphatic heterocycles. The molecular weight excluding hydrogens is 825 g/mol. The molecule has 302 valence electrons. The van der Waals surface area contributed by atoms with Gasteiger partial charge in [0.1, 0.15) is 10.7 Å². The number of nitrogens with zero attached hydrogens (tertiary/aromatic N) is 4. The molecule has 21 heteroatoms. The van der Waals surface area contributed by atoms with E-state index in [1.54, 1.807) is 36.4 Å². The van der Waals surface area contributed by atoms with E-state index in [0.29, 0.717) is 16.5 Å². The Hall–Kier alpha value is -5.93. The van der Waals surface area contributed by atoms with Crippen molar-refractivity contribution in [1.29, 1.82) is 0 Å². The number of rotatable bonds is 12. The van der Waals surface area contributed by atoms with Crippen molar-refractivity contribution in [2.24, 2.45) is 10.3 Å². The number of carbonyl (C=O) groups excluding carboxylic acids is 2. The molecule has 0 radical (unpaired) electrons. The quantitative estimate of drug-likeness (QED) is 0.114. The molecule has 1 fully saturated rings. The molecule has 2 amide bonds. The lowest BCUT2D eigenvalue weighted by Crippen LogP contribution is -2.18. The zero-order valence-corrected chi connectivity index (χ0v) is 32.2. The molecule has 1 saturated carbocycles. The van der Waals surface area contributed by atoms with Crippen LogP contribution in [0, 0.1) is 5.82 Å². The summed E-state index contributed by atoms with van der Waals surface area (Å²) in [6, 6.07) is 20.7. The van der Waals surface area contributed by atoms with E-state index in [2.05, 4.69) is 25.9 Å². The lowest BCUT2D eigenvalue weighted by molar-refractivity contribution is -0.116. The molecule has 1 aliphatic rings. The Morgan fingerprint density at radius 2 is 1.41 bits per heavy atom. The van der Waals surface area contributed by atoms with Crippen molar-refractivity contribution < 1.29 is 44.0 Å². The first-order chi connectivity index (χ1) is 27.5. The third-order valence-electron chi connectivity index (χ3n) is 8.44. The SMILES string of the molecule is NS(=O)(=O)c1cc(NC(=O)Cc2ccccc2Cl)ccc1-c1nnc(C2CC2)o1.NS(=O)(=O)c1cc(NC(=O)Cc2ccccc2F)ccc1-n1cc(C(F)F)cn1. The van der Waals surface area contributed by atoms with Crippen molar-refractivity contribution in [3.8, 4) is 17.1 Å². The highest BCUT2D eigenvalue weighted by Crippen LogP contribution is 2.40. The molecule has 0 saturated heterocycles. The number of anilines is 2. The maximum atomic E-state index is 13.7. The van der Waals surface area contributed by atoms with Crippen molar-refractivity contribution >= 4 is 54.8 Å². The molecule has 0 spiro atoms. The van der Waals surface area contributed by atoms with E-state index in [0.717, 1.165) is 36.0 Å². The van der Waals surface area contributed by atoms with Gasteiger partial charge in [-0.2, -0.15) is 5.10 Å². The number of benzene rings is 4. The number of nitrogens with one attached hydrogen (secondary N) is 2. The maximum absolute atomic E-state index is 13.7. The van der Waals surface area contributed by atoms with Gasteiger partial charge in [0.15, 0.2) is 0 Å². The van der Waals surface area contributed by atoms with Crippen LogP contribution in [0.3, 0.4) is 0 Å². The third-order valence-corrected chi connectivity index (χ3v) is 10.7. The molecule has 7 rings (SSSR count). The van der Waals surface area contributed by atoms with Crippen LogP contribution in [0.15, 0.2) is 112 Å². The van der Waals surface area contributed by atoms with Gasteiger partial charge in [0, 0.05) is 28.5 Å². The fourth-order valence-electron chi connectivity index (χ4n) is 5.48. The van der Waals surface area contributed by atoms with Gasteiger partial charge in [-0.3, -0.25) is 9.59 Å². The lowest BCUT2D eigenvalue weighted by atomic mass is 10.1. The van der Waals surface area contributed by atoms with Crippen LogP contribution in [0.1, 0.15) is 47.8 Å². The van der Waals surface area contributed by atoms with Gasteiger partial charge in [0.25, 0.3) is 6.43 Å². The van der Waals surface area contributed by atoms with Gasteiger partial charge in [0.05, 0.1) is 40.7 Å². The molecule has 58 heavy (non-hydrogen) atoms. The molecule has 2 heterocycles. The highest BCUT2D eigenvalue weighted by atomic mass is 35.5. The van der Waals surface area contributed by atoms with Gasteiger partial charge < -0.3 is 15.1 Å². The molecular formula is C37H32ClF3N8O7S2. The number of sulfonamides is 2. The second kappa shape index (κ2) is 17.3. The maximum Gasteiger partial charge on any atom is 0.266 e. The van der Waals surface area contributed by atoms with Crippen LogP contribution >= 0.6 is 11.6 Å². The van der Waals surface area contributed by atoms with Gasteiger partial charge in [0.2, 0.25) is 43.6 Å². The zero-order chi connectivity index (χ0) is 41.8. The Bertz CT molecular complexity index is 2550. The van der Waals surface area contributed by atoms with Gasteiger partial charge in [-0.05, 0) is 72.5 Å². The van der Waals surface area contributed by atoms with E-state index in [1.807, 2.05) is 0 Å². The summed E-state index contributed by atoms with van der Waals surface area (Å²) in [7, 11) is -8.38. The van der Waals surface area contributed by atoms with Gasteiger partial charge in [-0.25, -0.2) is 45.0 Å². The first-order valence-corrected chi connectivity index (χ1v) is 20.5. The third kappa shape index (κ3) is 10.5. The number of hydrogen-bond donors (Lipinski definition) is 4. The van der Waals surface area contributed by atoms with E-state index >= 15 is 0 Å². The zero-order valence-electron chi connectivity index (χ0n) is 29.9. The summed E-state index contributed by atoms with van der Waals surface area (Å²) < 4.78 is 93.9. The van der Waals surface area contributed by atoms with Crippen molar-refractivity contribution in [3.05, 3.63) is 131 Å². The summed E-state index contributed by atoms with van der Waals surface area (Å²) in [4.78, 5) is 23.9. The molecule has 0 atom stereocenters.